The molecule has 0 aromatic heterocycles. The summed E-state index contributed by atoms with van der Waals surface area (Å²) in [4.78, 5) is 14.6. The molecule has 1 aromatic rings. The first-order valence-corrected chi connectivity index (χ1v) is 7.45. The molecule has 0 aliphatic carbocycles. The molecular weight excluding hydrogens is 276 g/mol. The zero-order valence-electron chi connectivity index (χ0n) is 11.7. The van der Waals surface area contributed by atoms with Crippen LogP contribution in [0, 0.1) is 0 Å². The summed E-state index contributed by atoms with van der Waals surface area (Å²) in [6.07, 6.45) is 4.25. The lowest BCUT2D eigenvalue weighted by Crippen LogP contribution is -2.44. The van der Waals surface area contributed by atoms with E-state index in [0.29, 0.717) is 5.56 Å². The van der Waals surface area contributed by atoms with E-state index in [0.717, 1.165) is 32.4 Å². The lowest BCUT2D eigenvalue weighted by atomic mass is 9.98. The molecule has 1 saturated heterocycles. The van der Waals surface area contributed by atoms with E-state index in [1.807, 2.05) is 11.9 Å². The number of aromatic hydroxyl groups is 1. The Morgan fingerprint density at radius 2 is 2.30 bits per heavy atom. The van der Waals surface area contributed by atoms with Crippen LogP contribution in [0.5, 0.6) is 5.75 Å². The largest absolute Gasteiger partial charge is 0.506 e. The molecule has 1 aliphatic heterocycles. The number of carbonyl (C=O) groups is 1. The van der Waals surface area contributed by atoms with Crippen LogP contribution in [0.25, 0.3) is 0 Å². The average molecular weight is 297 g/mol. The van der Waals surface area contributed by atoms with Gasteiger partial charge in [0.05, 0.1) is 5.02 Å². The second-order valence-electron chi connectivity index (χ2n) is 5.21. The first kappa shape index (κ1) is 15.1. The molecule has 2 rings (SSSR count). The van der Waals surface area contributed by atoms with E-state index in [9.17, 15) is 9.90 Å². The van der Waals surface area contributed by atoms with Crippen molar-refractivity contribution in [3.05, 3.63) is 28.8 Å². The van der Waals surface area contributed by atoms with Crippen molar-refractivity contribution in [3.63, 3.8) is 0 Å². The van der Waals surface area contributed by atoms with Gasteiger partial charge in [-0.2, -0.15) is 0 Å². The summed E-state index contributed by atoms with van der Waals surface area (Å²) in [7, 11) is 1.93. The maximum Gasteiger partial charge on any atom is 0.254 e. The molecule has 1 aromatic carbocycles. The minimum atomic E-state index is 0.00713. The Hall–Kier alpha value is -1.26. The number of amides is 1. The van der Waals surface area contributed by atoms with Gasteiger partial charge in [0.2, 0.25) is 0 Å². The van der Waals surface area contributed by atoms with Crippen molar-refractivity contribution in [2.24, 2.45) is 0 Å². The van der Waals surface area contributed by atoms with Crippen LogP contribution < -0.4 is 5.32 Å². The van der Waals surface area contributed by atoms with Gasteiger partial charge < -0.3 is 15.3 Å². The highest BCUT2D eigenvalue weighted by atomic mass is 35.5. The standard InChI is InChI=1S/C15H21ClN2O2/c1-17-8-7-12-4-2-3-9-18(12)15(20)11-5-6-14(19)13(16)10-11/h5-6,10,12,17,19H,2-4,7-9H2,1H3. The van der Waals surface area contributed by atoms with Gasteiger partial charge in [-0.05, 0) is 57.5 Å². The van der Waals surface area contributed by atoms with Crippen LogP contribution in [0.15, 0.2) is 18.2 Å². The molecule has 1 unspecified atom stereocenters. The Labute approximate surface area is 124 Å². The molecule has 0 spiro atoms. The number of hydrogen-bond donors (Lipinski definition) is 2. The number of phenols is 1. The third kappa shape index (κ3) is 3.44. The average Bonchev–Trinajstić information content (AvgIpc) is 2.47. The van der Waals surface area contributed by atoms with Crippen LogP contribution in [0.2, 0.25) is 5.02 Å². The molecule has 0 bridgehead atoms. The van der Waals surface area contributed by atoms with Crippen LogP contribution in [-0.4, -0.2) is 42.1 Å². The van der Waals surface area contributed by atoms with Gasteiger partial charge in [-0.25, -0.2) is 0 Å². The zero-order valence-corrected chi connectivity index (χ0v) is 12.5. The topological polar surface area (TPSA) is 52.6 Å². The molecule has 20 heavy (non-hydrogen) atoms. The maximum atomic E-state index is 12.6. The molecule has 0 radical (unpaired) electrons. The van der Waals surface area contributed by atoms with Gasteiger partial charge in [0.25, 0.3) is 5.91 Å². The van der Waals surface area contributed by atoms with Gasteiger partial charge in [0.15, 0.2) is 0 Å². The van der Waals surface area contributed by atoms with Crippen molar-refractivity contribution >= 4 is 17.5 Å². The van der Waals surface area contributed by atoms with Gasteiger partial charge in [-0.1, -0.05) is 11.6 Å². The Morgan fingerprint density at radius 1 is 1.50 bits per heavy atom. The normalized spacial score (nSPS) is 19.1. The maximum absolute atomic E-state index is 12.6. The van der Waals surface area contributed by atoms with Gasteiger partial charge >= 0.3 is 0 Å². The molecule has 1 amide bonds. The van der Waals surface area contributed by atoms with Crippen molar-refractivity contribution in [2.45, 2.75) is 31.7 Å². The van der Waals surface area contributed by atoms with Gasteiger partial charge in [-0.15, -0.1) is 0 Å². The SMILES string of the molecule is CNCCC1CCCCN1C(=O)c1ccc(O)c(Cl)c1. The summed E-state index contributed by atoms with van der Waals surface area (Å²) >= 11 is 5.89. The van der Waals surface area contributed by atoms with Crippen molar-refractivity contribution < 1.29 is 9.90 Å². The molecule has 1 atom stereocenters. The summed E-state index contributed by atoms with van der Waals surface area (Å²) in [5.41, 5.74) is 0.546. The number of carbonyl (C=O) groups excluding carboxylic acids is 1. The quantitative estimate of drug-likeness (QED) is 0.898. The van der Waals surface area contributed by atoms with E-state index in [1.54, 1.807) is 12.1 Å². The Balaban J connectivity index is 2.14. The van der Waals surface area contributed by atoms with E-state index in [2.05, 4.69) is 5.32 Å². The number of hydrogen-bond acceptors (Lipinski definition) is 3. The van der Waals surface area contributed by atoms with Crippen LogP contribution in [0.1, 0.15) is 36.0 Å². The molecule has 0 saturated carbocycles. The van der Waals surface area contributed by atoms with Crippen LogP contribution in [0.4, 0.5) is 0 Å². The lowest BCUT2D eigenvalue weighted by molar-refractivity contribution is 0.0602. The lowest BCUT2D eigenvalue weighted by Gasteiger charge is -2.36. The predicted molar refractivity (Wildman–Crippen MR) is 80.3 cm³/mol. The second-order valence-corrected chi connectivity index (χ2v) is 5.61. The van der Waals surface area contributed by atoms with Crippen molar-refractivity contribution in [3.8, 4) is 5.75 Å². The second kappa shape index (κ2) is 6.95. The minimum Gasteiger partial charge on any atom is -0.506 e. The number of nitrogens with zero attached hydrogens (tertiary/aromatic N) is 1. The van der Waals surface area contributed by atoms with Crippen LogP contribution in [0.3, 0.4) is 0 Å². The van der Waals surface area contributed by atoms with Gasteiger partial charge in [-0.3, -0.25) is 4.79 Å². The summed E-state index contributed by atoms with van der Waals surface area (Å²) in [5.74, 6) is 0.0151. The van der Waals surface area contributed by atoms with Crippen molar-refractivity contribution in [1.82, 2.24) is 10.2 Å². The molecule has 2 N–H and O–H groups in total. The van der Waals surface area contributed by atoms with Gasteiger partial charge in [0, 0.05) is 18.2 Å². The number of benzene rings is 1. The zero-order chi connectivity index (χ0) is 14.5. The smallest absolute Gasteiger partial charge is 0.254 e. The highest BCUT2D eigenvalue weighted by Crippen LogP contribution is 2.26. The van der Waals surface area contributed by atoms with Crippen LogP contribution in [-0.2, 0) is 0 Å². The molecule has 1 heterocycles. The summed E-state index contributed by atoms with van der Waals surface area (Å²) in [6, 6.07) is 4.94. The number of rotatable bonds is 4. The summed E-state index contributed by atoms with van der Waals surface area (Å²) < 4.78 is 0. The van der Waals surface area contributed by atoms with Crippen molar-refractivity contribution in [1.29, 1.82) is 0 Å². The Kier molecular flexibility index (Phi) is 5.26. The van der Waals surface area contributed by atoms with E-state index >= 15 is 0 Å². The van der Waals surface area contributed by atoms with Crippen LogP contribution >= 0.6 is 11.6 Å². The fraction of sp³-hybridized carbons (Fsp3) is 0.533. The molecular formula is C15H21ClN2O2. The molecule has 4 nitrogen and oxygen atoms in total. The van der Waals surface area contributed by atoms with Gasteiger partial charge in [0.1, 0.15) is 5.75 Å². The number of halogens is 1. The van der Waals surface area contributed by atoms with E-state index < -0.39 is 0 Å². The first-order chi connectivity index (χ1) is 9.63. The number of nitrogens with one attached hydrogen (secondary N) is 1. The summed E-state index contributed by atoms with van der Waals surface area (Å²) in [6.45, 7) is 1.70. The summed E-state index contributed by atoms with van der Waals surface area (Å²) in [5, 5.41) is 12.8. The molecule has 5 heteroatoms. The minimum absolute atomic E-state index is 0.00713. The molecule has 1 fully saturated rings. The van der Waals surface area contributed by atoms with Crippen molar-refractivity contribution in [2.75, 3.05) is 20.1 Å². The van der Waals surface area contributed by atoms with E-state index in [-0.39, 0.29) is 22.7 Å². The number of piperidine rings is 1. The third-order valence-electron chi connectivity index (χ3n) is 3.81. The third-order valence-corrected chi connectivity index (χ3v) is 4.11. The predicted octanol–water partition coefficient (Wildman–Crippen LogP) is 2.65. The fourth-order valence-corrected chi connectivity index (χ4v) is 2.87. The fourth-order valence-electron chi connectivity index (χ4n) is 2.68. The number of phenolic OH excluding ortho intramolecular Hbond substituents is 1. The molecule has 110 valence electrons. The number of likely N-dealkylation sites (tertiary alicyclic amines) is 1. The first-order valence-electron chi connectivity index (χ1n) is 7.07. The van der Waals surface area contributed by atoms with E-state index in [4.69, 9.17) is 11.6 Å². The monoisotopic (exact) mass is 296 g/mol. The molecule has 1 aliphatic rings. The highest BCUT2D eigenvalue weighted by Gasteiger charge is 2.27. The Bertz CT molecular complexity index is 479. The highest BCUT2D eigenvalue weighted by molar-refractivity contribution is 6.32. The van der Waals surface area contributed by atoms with E-state index in [1.165, 1.54) is 12.5 Å². The Morgan fingerprint density at radius 3 is 3.00 bits per heavy atom.